The minimum absolute atomic E-state index is 0.0461. The first-order chi connectivity index (χ1) is 14.9. The van der Waals surface area contributed by atoms with Crippen molar-refractivity contribution in [2.45, 2.75) is 39.2 Å². The summed E-state index contributed by atoms with van der Waals surface area (Å²) in [6.07, 6.45) is 8.59. The number of aryl methyl sites for hydroxylation is 1. The Kier molecular flexibility index (Phi) is 5.64. The van der Waals surface area contributed by atoms with Gasteiger partial charge in [-0.25, -0.2) is 0 Å². The molecule has 1 aliphatic heterocycles. The molecule has 1 aromatic heterocycles. The van der Waals surface area contributed by atoms with E-state index in [2.05, 4.69) is 80.3 Å². The Balaban J connectivity index is 1.69. The van der Waals surface area contributed by atoms with Crippen molar-refractivity contribution >= 4 is 28.6 Å². The number of fused-ring (bicyclic) bond motifs is 2. The van der Waals surface area contributed by atoms with Crippen LogP contribution in [0, 0.1) is 0 Å². The first-order valence-electron chi connectivity index (χ1n) is 10.8. The van der Waals surface area contributed by atoms with E-state index in [-0.39, 0.29) is 11.8 Å². The van der Waals surface area contributed by atoms with Crippen LogP contribution in [0.15, 0.2) is 78.6 Å². The van der Waals surface area contributed by atoms with E-state index in [1.165, 1.54) is 16.9 Å². The second kappa shape index (κ2) is 8.38. The van der Waals surface area contributed by atoms with Gasteiger partial charge in [0.05, 0.1) is 5.39 Å². The van der Waals surface area contributed by atoms with E-state index in [9.17, 15) is 4.79 Å². The van der Waals surface area contributed by atoms with Crippen LogP contribution in [0.25, 0.3) is 17.0 Å². The van der Waals surface area contributed by atoms with E-state index in [0.717, 1.165) is 23.0 Å². The molecule has 1 N–H and O–H groups in total. The van der Waals surface area contributed by atoms with Crippen LogP contribution in [0.1, 0.15) is 38.3 Å². The van der Waals surface area contributed by atoms with Gasteiger partial charge < -0.3 is 10.0 Å². The lowest BCUT2D eigenvalue weighted by Crippen LogP contribution is -2.35. The second-order valence-electron chi connectivity index (χ2n) is 8.42. The first kappa shape index (κ1) is 20.9. The highest BCUT2D eigenvalue weighted by Crippen LogP contribution is 2.47. The number of carbonyl (C=O) groups is 1. The highest BCUT2D eigenvalue weighted by atomic mass is 16.4. The molecule has 0 saturated carbocycles. The number of likely N-dealkylation sites (N-methyl/N-ethyl adjacent to an activating group) is 1. The van der Waals surface area contributed by atoms with Crippen LogP contribution in [-0.2, 0) is 16.8 Å². The van der Waals surface area contributed by atoms with Crippen molar-refractivity contribution in [3.63, 3.8) is 0 Å². The van der Waals surface area contributed by atoms with Crippen LogP contribution in [-0.4, -0.2) is 17.6 Å². The highest BCUT2D eigenvalue weighted by Gasteiger charge is 2.38. The standard InChI is InChI=1S/C27H28N2O2/c1-4-29-24-14-8-6-12-22(24)27(2,3)25(29)15-9-10-20-16-18-28(19-17-26(30)31)23-13-7-5-11-21(20)23/h5-16,18H,4,17,19H2,1-3H3/p+1. The SMILES string of the molecule is CCN1C(=CC=Cc2cc[n+](CCC(=O)O)c3ccccc23)C(C)(C)c2ccccc21. The number of rotatable bonds is 6. The molecule has 4 nitrogen and oxygen atoms in total. The Morgan fingerprint density at radius 2 is 1.84 bits per heavy atom. The van der Waals surface area contributed by atoms with Gasteiger partial charge in [0.25, 0.3) is 0 Å². The smallest absolute Gasteiger partial charge is 0.309 e. The Labute approximate surface area is 183 Å². The second-order valence-corrected chi connectivity index (χ2v) is 8.42. The van der Waals surface area contributed by atoms with Crippen LogP contribution < -0.4 is 9.47 Å². The van der Waals surface area contributed by atoms with E-state index >= 15 is 0 Å². The number of allylic oxidation sites excluding steroid dienone is 3. The summed E-state index contributed by atoms with van der Waals surface area (Å²) in [4.78, 5) is 13.4. The molecule has 0 saturated heterocycles. The van der Waals surface area contributed by atoms with Crippen LogP contribution in [0.2, 0.25) is 0 Å². The molecular weight excluding hydrogens is 384 g/mol. The quantitative estimate of drug-likeness (QED) is 0.557. The van der Waals surface area contributed by atoms with Crippen LogP contribution >= 0.6 is 0 Å². The van der Waals surface area contributed by atoms with E-state index in [4.69, 9.17) is 5.11 Å². The minimum Gasteiger partial charge on any atom is -0.481 e. The molecule has 0 atom stereocenters. The van der Waals surface area contributed by atoms with Gasteiger partial charge >= 0.3 is 5.97 Å². The molecule has 0 unspecified atom stereocenters. The van der Waals surface area contributed by atoms with Gasteiger partial charge in [-0.2, -0.15) is 4.57 Å². The molecule has 4 heteroatoms. The number of carboxylic acids is 1. The molecule has 0 amide bonds. The number of hydrogen-bond donors (Lipinski definition) is 1. The molecule has 0 radical (unpaired) electrons. The Morgan fingerprint density at radius 3 is 2.61 bits per heavy atom. The predicted octanol–water partition coefficient (Wildman–Crippen LogP) is 5.32. The summed E-state index contributed by atoms with van der Waals surface area (Å²) < 4.78 is 2.01. The van der Waals surface area contributed by atoms with Gasteiger partial charge in [-0.15, -0.1) is 0 Å². The van der Waals surface area contributed by atoms with Crippen molar-refractivity contribution in [3.05, 3.63) is 89.8 Å². The van der Waals surface area contributed by atoms with Crippen molar-refractivity contribution in [1.29, 1.82) is 0 Å². The van der Waals surface area contributed by atoms with E-state index in [1.54, 1.807) is 0 Å². The number of pyridine rings is 1. The number of hydrogen-bond acceptors (Lipinski definition) is 2. The fourth-order valence-corrected chi connectivity index (χ4v) is 4.59. The van der Waals surface area contributed by atoms with Gasteiger partial charge in [0, 0.05) is 35.5 Å². The van der Waals surface area contributed by atoms with E-state index < -0.39 is 5.97 Å². The number of carboxylic acid groups (broad SMARTS) is 1. The van der Waals surface area contributed by atoms with Crippen molar-refractivity contribution in [2.75, 3.05) is 11.4 Å². The van der Waals surface area contributed by atoms with Gasteiger partial charge in [0.2, 0.25) is 5.52 Å². The van der Waals surface area contributed by atoms with E-state index in [1.807, 2.05) is 29.0 Å². The number of para-hydroxylation sites is 2. The zero-order valence-corrected chi connectivity index (χ0v) is 18.4. The third kappa shape index (κ3) is 3.86. The Bertz CT molecular complexity index is 1190. The number of aliphatic carboxylic acids is 1. The van der Waals surface area contributed by atoms with Gasteiger partial charge in [0.15, 0.2) is 12.7 Å². The lowest BCUT2D eigenvalue weighted by Gasteiger charge is -2.25. The Hall–Kier alpha value is -3.40. The average molecular weight is 414 g/mol. The lowest BCUT2D eigenvalue weighted by atomic mass is 9.84. The van der Waals surface area contributed by atoms with Crippen molar-refractivity contribution in [2.24, 2.45) is 0 Å². The van der Waals surface area contributed by atoms with Crippen molar-refractivity contribution in [3.8, 4) is 0 Å². The van der Waals surface area contributed by atoms with E-state index in [0.29, 0.717) is 6.54 Å². The monoisotopic (exact) mass is 413 g/mol. The normalized spacial score (nSPS) is 16.4. The van der Waals surface area contributed by atoms with Gasteiger partial charge in [-0.1, -0.05) is 56.3 Å². The Morgan fingerprint density at radius 1 is 1.10 bits per heavy atom. The predicted molar refractivity (Wildman–Crippen MR) is 126 cm³/mol. The largest absolute Gasteiger partial charge is 0.481 e. The number of aromatic nitrogens is 1. The zero-order valence-electron chi connectivity index (χ0n) is 18.4. The summed E-state index contributed by atoms with van der Waals surface area (Å²) in [5, 5.41) is 10.2. The highest BCUT2D eigenvalue weighted by molar-refractivity contribution is 5.85. The molecule has 0 spiro atoms. The molecule has 158 valence electrons. The molecule has 2 heterocycles. The third-order valence-electron chi connectivity index (χ3n) is 6.17. The molecule has 1 aliphatic rings. The molecule has 0 fully saturated rings. The maximum Gasteiger partial charge on any atom is 0.309 e. The molecule has 3 aromatic rings. The third-order valence-corrected chi connectivity index (χ3v) is 6.17. The number of anilines is 1. The van der Waals surface area contributed by atoms with Crippen LogP contribution in [0.3, 0.4) is 0 Å². The lowest BCUT2D eigenvalue weighted by molar-refractivity contribution is -0.670. The summed E-state index contributed by atoms with van der Waals surface area (Å²) in [5.41, 5.74) is 6.07. The summed E-state index contributed by atoms with van der Waals surface area (Å²) in [6, 6.07) is 18.9. The topological polar surface area (TPSA) is 44.4 Å². The van der Waals surface area contributed by atoms with Gasteiger partial charge in [-0.05, 0) is 36.3 Å². The first-order valence-corrected chi connectivity index (χ1v) is 10.8. The maximum atomic E-state index is 11.0. The molecule has 4 rings (SSSR count). The number of benzene rings is 2. The molecule has 0 bridgehead atoms. The molecule has 2 aromatic carbocycles. The van der Waals surface area contributed by atoms with Crippen molar-refractivity contribution < 1.29 is 14.5 Å². The van der Waals surface area contributed by atoms with Gasteiger partial charge in [-0.3, -0.25) is 4.79 Å². The van der Waals surface area contributed by atoms with Crippen molar-refractivity contribution in [1.82, 2.24) is 0 Å². The van der Waals surface area contributed by atoms with Crippen LogP contribution in [0.4, 0.5) is 5.69 Å². The van der Waals surface area contributed by atoms with Gasteiger partial charge in [0.1, 0.15) is 6.42 Å². The fourth-order valence-electron chi connectivity index (χ4n) is 4.59. The number of nitrogens with zero attached hydrogens (tertiary/aromatic N) is 2. The molecule has 31 heavy (non-hydrogen) atoms. The zero-order chi connectivity index (χ0) is 22.0. The molecular formula is C27H29N2O2+. The summed E-state index contributed by atoms with van der Waals surface area (Å²) in [5.74, 6) is -0.784. The maximum absolute atomic E-state index is 11.0. The average Bonchev–Trinajstić information content (AvgIpc) is 2.99. The fraction of sp³-hybridized carbons (Fsp3) is 0.259. The summed E-state index contributed by atoms with van der Waals surface area (Å²) >= 11 is 0. The minimum atomic E-state index is -0.784. The van der Waals surface area contributed by atoms with Crippen LogP contribution in [0.5, 0.6) is 0 Å². The summed E-state index contributed by atoms with van der Waals surface area (Å²) in [6.45, 7) is 8.14. The molecule has 0 aliphatic carbocycles. The summed E-state index contributed by atoms with van der Waals surface area (Å²) in [7, 11) is 0.